The Morgan fingerprint density at radius 2 is 2.11 bits per heavy atom. The van der Waals surface area contributed by atoms with Gasteiger partial charge < -0.3 is 4.90 Å². The molecule has 1 aromatic carbocycles. The largest absolute Gasteiger partial charge is 0.354 e. The molecule has 19 heavy (non-hydrogen) atoms. The van der Waals surface area contributed by atoms with Crippen LogP contribution in [0, 0.1) is 22.7 Å². The molecular weight excluding hydrogens is 260 g/mol. The van der Waals surface area contributed by atoms with Crippen molar-refractivity contribution < 1.29 is 0 Å². The SMILES string of the molecule is CN(C)c1nc2ccc(NN=C(C#N)C#N)cc2s1. The Kier molecular flexibility index (Phi) is 3.60. The maximum atomic E-state index is 8.58. The summed E-state index contributed by atoms with van der Waals surface area (Å²) in [5.74, 6) is 0. The average molecular weight is 270 g/mol. The Hall–Kier alpha value is -2.64. The first-order valence-electron chi connectivity index (χ1n) is 5.36. The molecule has 94 valence electrons. The van der Waals surface area contributed by atoms with Crippen LogP contribution in [0.4, 0.5) is 10.8 Å². The van der Waals surface area contributed by atoms with Gasteiger partial charge in [0, 0.05) is 14.1 Å². The minimum atomic E-state index is -0.210. The first kappa shape index (κ1) is 12.8. The van der Waals surface area contributed by atoms with E-state index in [0.29, 0.717) is 5.69 Å². The van der Waals surface area contributed by atoms with Gasteiger partial charge in [-0.15, -0.1) is 0 Å². The summed E-state index contributed by atoms with van der Waals surface area (Å²) in [6.07, 6.45) is 0. The van der Waals surface area contributed by atoms with E-state index in [1.165, 1.54) is 0 Å². The molecule has 1 N–H and O–H groups in total. The third-order valence-corrected chi connectivity index (χ3v) is 3.45. The number of nitriles is 2. The van der Waals surface area contributed by atoms with Crippen molar-refractivity contribution in [2.24, 2.45) is 5.10 Å². The zero-order chi connectivity index (χ0) is 13.8. The first-order valence-corrected chi connectivity index (χ1v) is 6.17. The summed E-state index contributed by atoms with van der Waals surface area (Å²) in [5, 5.41) is 21.8. The minimum absolute atomic E-state index is 0.210. The number of hydrogen-bond donors (Lipinski definition) is 1. The molecule has 0 fully saturated rings. The fraction of sp³-hybridized carbons (Fsp3) is 0.167. The number of nitrogens with zero attached hydrogens (tertiary/aromatic N) is 5. The van der Waals surface area contributed by atoms with Crippen molar-refractivity contribution in [1.29, 1.82) is 10.5 Å². The van der Waals surface area contributed by atoms with E-state index in [-0.39, 0.29) is 5.71 Å². The predicted molar refractivity (Wildman–Crippen MR) is 76.2 cm³/mol. The molecule has 1 heterocycles. The summed E-state index contributed by atoms with van der Waals surface area (Å²) in [6, 6.07) is 8.93. The Bertz CT molecular complexity index is 700. The van der Waals surface area contributed by atoms with Crippen LogP contribution >= 0.6 is 11.3 Å². The van der Waals surface area contributed by atoms with Crippen LogP contribution in [0.2, 0.25) is 0 Å². The molecule has 0 atom stereocenters. The summed E-state index contributed by atoms with van der Waals surface area (Å²) in [4.78, 5) is 6.40. The Labute approximate surface area is 114 Å². The number of nitrogens with one attached hydrogen (secondary N) is 1. The molecule has 0 amide bonds. The zero-order valence-corrected chi connectivity index (χ0v) is 11.2. The van der Waals surface area contributed by atoms with Crippen LogP contribution in [0.1, 0.15) is 0 Å². The smallest absolute Gasteiger partial charge is 0.237 e. The number of aromatic nitrogens is 1. The minimum Gasteiger partial charge on any atom is -0.354 e. The molecule has 2 aromatic rings. The second kappa shape index (κ2) is 5.34. The van der Waals surface area contributed by atoms with E-state index in [1.807, 2.05) is 31.1 Å². The van der Waals surface area contributed by atoms with Gasteiger partial charge >= 0.3 is 0 Å². The predicted octanol–water partition coefficient (Wildman–Crippen LogP) is 2.18. The second-order valence-electron chi connectivity index (χ2n) is 3.87. The number of hydrogen-bond acceptors (Lipinski definition) is 7. The summed E-state index contributed by atoms with van der Waals surface area (Å²) in [6.45, 7) is 0. The van der Waals surface area contributed by atoms with Gasteiger partial charge in [0.1, 0.15) is 12.1 Å². The molecule has 0 radical (unpaired) electrons. The molecule has 0 unspecified atom stereocenters. The number of benzene rings is 1. The monoisotopic (exact) mass is 270 g/mol. The molecule has 0 aliphatic rings. The molecule has 0 aliphatic heterocycles. The fourth-order valence-electron chi connectivity index (χ4n) is 1.37. The Morgan fingerprint density at radius 3 is 2.74 bits per heavy atom. The molecule has 0 saturated carbocycles. The molecule has 0 saturated heterocycles. The Balaban J connectivity index is 2.30. The molecule has 2 rings (SSSR count). The summed E-state index contributed by atoms with van der Waals surface area (Å²) in [5.41, 5.74) is 4.09. The molecular formula is C12H10N6S. The molecule has 7 heteroatoms. The maximum Gasteiger partial charge on any atom is 0.237 e. The van der Waals surface area contributed by atoms with Crippen LogP contribution in [0.15, 0.2) is 23.3 Å². The molecule has 0 aliphatic carbocycles. The van der Waals surface area contributed by atoms with Gasteiger partial charge in [-0.25, -0.2) is 4.98 Å². The highest BCUT2D eigenvalue weighted by Crippen LogP contribution is 2.29. The van der Waals surface area contributed by atoms with E-state index in [1.54, 1.807) is 29.5 Å². The van der Waals surface area contributed by atoms with E-state index < -0.39 is 0 Å². The highest BCUT2D eigenvalue weighted by molar-refractivity contribution is 7.22. The van der Waals surface area contributed by atoms with Crippen LogP contribution in [-0.2, 0) is 0 Å². The molecule has 0 bridgehead atoms. The van der Waals surface area contributed by atoms with Crippen LogP contribution < -0.4 is 10.3 Å². The standard InChI is InChI=1S/C12H10N6S/c1-18(2)12-15-10-4-3-8(5-11(10)19-12)16-17-9(6-13)7-14/h3-5,16H,1-2H3. The van der Waals surface area contributed by atoms with Gasteiger partial charge in [-0.1, -0.05) is 11.3 Å². The lowest BCUT2D eigenvalue weighted by molar-refractivity contribution is 1.11. The molecule has 0 spiro atoms. The molecule has 1 aromatic heterocycles. The lowest BCUT2D eigenvalue weighted by atomic mass is 10.3. The Morgan fingerprint density at radius 1 is 1.37 bits per heavy atom. The van der Waals surface area contributed by atoms with Crippen LogP contribution in [-0.4, -0.2) is 24.8 Å². The van der Waals surface area contributed by atoms with E-state index in [4.69, 9.17) is 10.5 Å². The highest BCUT2D eigenvalue weighted by atomic mass is 32.1. The van der Waals surface area contributed by atoms with E-state index in [0.717, 1.165) is 15.3 Å². The van der Waals surface area contributed by atoms with Crippen molar-refractivity contribution in [2.45, 2.75) is 0 Å². The number of hydrazone groups is 1. The van der Waals surface area contributed by atoms with Gasteiger partial charge in [-0.2, -0.15) is 15.6 Å². The van der Waals surface area contributed by atoms with Crippen molar-refractivity contribution >= 4 is 38.1 Å². The lowest BCUT2D eigenvalue weighted by Gasteiger charge is -2.04. The number of anilines is 2. The van der Waals surface area contributed by atoms with Crippen LogP contribution in [0.3, 0.4) is 0 Å². The van der Waals surface area contributed by atoms with E-state index in [9.17, 15) is 0 Å². The summed E-state index contributed by atoms with van der Waals surface area (Å²) in [7, 11) is 3.88. The molecule has 6 nitrogen and oxygen atoms in total. The number of rotatable bonds is 3. The third kappa shape index (κ3) is 2.79. The van der Waals surface area contributed by atoms with E-state index >= 15 is 0 Å². The van der Waals surface area contributed by atoms with Crippen molar-refractivity contribution in [3.63, 3.8) is 0 Å². The summed E-state index contributed by atoms with van der Waals surface area (Å²) < 4.78 is 1.01. The van der Waals surface area contributed by atoms with Gasteiger partial charge in [-0.3, -0.25) is 5.43 Å². The quantitative estimate of drug-likeness (QED) is 0.682. The fourth-order valence-corrected chi connectivity index (χ4v) is 2.30. The average Bonchev–Trinajstić information content (AvgIpc) is 2.83. The maximum absolute atomic E-state index is 8.58. The first-order chi connectivity index (χ1) is 9.13. The lowest BCUT2D eigenvalue weighted by Crippen LogP contribution is -2.07. The number of thiazole rings is 1. The van der Waals surface area contributed by atoms with Crippen LogP contribution in [0.25, 0.3) is 10.2 Å². The number of fused-ring (bicyclic) bond motifs is 1. The third-order valence-electron chi connectivity index (χ3n) is 2.27. The second-order valence-corrected chi connectivity index (χ2v) is 4.88. The van der Waals surface area contributed by atoms with Gasteiger partial charge in [0.2, 0.25) is 5.71 Å². The topological polar surface area (TPSA) is 88.1 Å². The van der Waals surface area contributed by atoms with Gasteiger partial charge in [0.25, 0.3) is 0 Å². The highest BCUT2D eigenvalue weighted by Gasteiger charge is 2.06. The summed E-state index contributed by atoms with van der Waals surface area (Å²) >= 11 is 1.56. The van der Waals surface area contributed by atoms with Gasteiger partial charge in [0.05, 0.1) is 15.9 Å². The van der Waals surface area contributed by atoms with Crippen molar-refractivity contribution in [3.8, 4) is 12.1 Å². The van der Waals surface area contributed by atoms with Crippen molar-refractivity contribution in [3.05, 3.63) is 18.2 Å². The zero-order valence-electron chi connectivity index (χ0n) is 10.4. The van der Waals surface area contributed by atoms with Gasteiger partial charge in [0.15, 0.2) is 5.13 Å². The van der Waals surface area contributed by atoms with E-state index in [2.05, 4.69) is 15.5 Å². The van der Waals surface area contributed by atoms with Crippen molar-refractivity contribution in [1.82, 2.24) is 4.98 Å². The van der Waals surface area contributed by atoms with Crippen molar-refractivity contribution in [2.75, 3.05) is 24.4 Å². The van der Waals surface area contributed by atoms with Crippen LogP contribution in [0.5, 0.6) is 0 Å². The normalized spacial score (nSPS) is 9.47. The van der Waals surface area contributed by atoms with Gasteiger partial charge in [-0.05, 0) is 18.2 Å².